The normalized spacial score (nSPS) is 25.5. The van der Waals surface area contributed by atoms with E-state index in [0.29, 0.717) is 0 Å². The Hall–Kier alpha value is -1.73. The number of methoxy groups -OCH3 is 1. The van der Waals surface area contributed by atoms with Gasteiger partial charge in [0.2, 0.25) is 0 Å². The first-order chi connectivity index (χ1) is 10.5. The Morgan fingerprint density at radius 1 is 1.48 bits per heavy atom. The molecule has 132 valence electrons. The van der Waals surface area contributed by atoms with Gasteiger partial charge in [0, 0.05) is 12.8 Å². The van der Waals surface area contributed by atoms with Gasteiger partial charge in [0.25, 0.3) is 0 Å². The molecule has 0 fully saturated rings. The average Bonchev–Trinajstić information content (AvgIpc) is 2.41. The van der Waals surface area contributed by atoms with Gasteiger partial charge in [0.15, 0.2) is 11.8 Å². The Morgan fingerprint density at radius 3 is 2.52 bits per heavy atom. The number of ether oxygens (including phenoxy) is 1. The molecule has 23 heavy (non-hydrogen) atoms. The van der Waals surface area contributed by atoms with Crippen LogP contribution in [0.4, 0.5) is 0 Å². The molecule has 0 aromatic rings. The zero-order valence-corrected chi connectivity index (χ0v) is 13.0. The van der Waals surface area contributed by atoms with Gasteiger partial charge in [-0.25, -0.2) is 8.98 Å². The van der Waals surface area contributed by atoms with Crippen LogP contribution in [0, 0.1) is 0 Å². The molecule has 11 nitrogen and oxygen atoms in total. The first-order valence-corrected chi connectivity index (χ1v) is 7.65. The number of aliphatic hydroxyl groups excluding tert-OH is 1. The average molecular weight is 354 g/mol. The van der Waals surface area contributed by atoms with Crippen molar-refractivity contribution in [2.24, 2.45) is 10.7 Å². The van der Waals surface area contributed by atoms with Crippen LogP contribution in [0.5, 0.6) is 0 Å². The number of carboxylic acids is 1. The predicted octanol–water partition coefficient (Wildman–Crippen LogP) is -1.97. The van der Waals surface area contributed by atoms with Gasteiger partial charge in [-0.2, -0.15) is 8.42 Å². The molecule has 0 unspecified atom stereocenters. The van der Waals surface area contributed by atoms with Gasteiger partial charge in [-0.1, -0.05) is 0 Å². The summed E-state index contributed by atoms with van der Waals surface area (Å²) < 4.78 is 39.0. The summed E-state index contributed by atoms with van der Waals surface area (Å²) in [4.78, 5) is 14.7. The van der Waals surface area contributed by atoms with E-state index in [-0.39, 0.29) is 30.0 Å². The molecular weight excluding hydrogens is 336 g/mol. The number of carboxylic acid groups (broad SMARTS) is 1. The summed E-state index contributed by atoms with van der Waals surface area (Å²) in [5.41, 5.74) is 3.79. The second-order valence-electron chi connectivity index (χ2n) is 4.94. The van der Waals surface area contributed by atoms with Crippen LogP contribution < -0.4 is 5.73 Å². The number of aliphatic imine (C=N–C) groups is 1. The Morgan fingerprint density at radius 2 is 2.09 bits per heavy atom. The monoisotopic (exact) mass is 354 g/mol. The van der Waals surface area contributed by atoms with Crippen LogP contribution in [0.2, 0.25) is 0 Å². The Labute approximate surface area is 132 Å². The van der Waals surface area contributed by atoms with E-state index < -0.39 is 41.2 Å². The van der Waals surface area contributed by atoms with E-state index >= 15 is 0 Å². The minimum absolute atomic E-state index is 0.0129. The van der Waals surface area contributed by atoms with Crippen LogP contribution in [0.1, 0.15) is 12.8 Å². The molecule has 1 aliphatic rings. The Balaban J connectivity index is 3.15. The van der Waals surface area contributed by atoms with Crippen LogP contribution in [0.3, 0.4) is 0 Å². The molecule has 2 atom stereocenters. The molecule has 1 rings (SSSR count). The molecule has 0 saturated heterocycles. The van der Waals surface area contributed by atoms with E-state index in [1.807, 2.05) is 0 Å². The quantitative estimate of drug-likeness (QED) is 0.321. The van der Waals surface area contributed by atoms with Crippen molar-refractivity contribution in [2.75, 3.05) is 20.3 Å². The van der Waals surface area contributed by atoms with Crippen molar-refractivity contribution in [2.45, 2.75) is 24.5 Å². The van der Waals surface area contributed by atoms with Crippen molar-refractivity contribution in [3.05, 3.63) is 11.5 Å². The predicted molar refractivity (Wildman–Crippen MR) is 75.9 cm³/mol. The van der Waals surface area contributed by atoms with E-state index in [2.05, 4.69) is 9.18 Å². The molecule has 12 heteroatoms. The summed E-state index contributed by atoms with van der Waals surface area (Å²) in [6.45, 7) is -1.62. The molecule has 0 bridgehead atoms. The van der Waals surface area contributed by atoms with Crippen molar-refractivity contribution in [3.8, 4) is 0 Å². The molecular formula is C11H18N2O9S. The summed E-state index contributed by atoms with van der Waals surface area (Å²) in [6, 6.07) is -1.51. The van der Waals surface area contributed by atoms with Crippen molar-refractivity contribution < 1.29 is 42.0 Å². The van der Waals surface area contributed by atoms with Gasteiger partial charge < -0.3 is 25.8 Å². The van der Waals surface area contributed by atoms with Crippen molar-refractivity contribution in [1.29, 1.82) is 0 Å². The second kappa shape index (κ2) is 7.23. The Kier molecular flexibility index (Phi) is 6.07. The highest BCUT2D eigenvalue weighted by Crippen LogP contribution is 2.30. The molecule has 0 spiro atoms. The summed E-state index contributed by atoms with van der Waals surface area (Å²) >= 11 is 0. The van der Waals surface area contributed by atoms with Gasteiger partial charge in [0.05, 0.1) is 31.7 Å². The number of nitrogens with two attached hydrogens (primary N) is 1. The number of aliphatic carboxylic acids is 1. The maximum Gasteiger partial charge on any atom is 0.397 e. The maximum atomic E-state index is 10.9. The third kappa shape index (κ3) is 5.44. The van der Waals surface area contributed by atoms with Crippen LogP contribution in [-0.4, -0.2) is 71.9 Å². The third-order valence-corrected chi connectivity index (χ3v) is 3.44. The summed E-state index contributed by atoms with van der Waals surface area (Å²) in [6.07, 6.45) is -0.599. The van der Waals surface area contributed by atoms with Crippen molar-refractivity contribution >= 4 is 22.1 Å². The Bertz CT molecular complexity index is 627. The molecule has 0 aromatic carbocycles. The van der Waals surface area contributed by atoms with Gasteiger partial charge in [-0.05, 0) is 0 Å². The van der Waals surface area contributed by atoms with Gasteiger partial charge in [-0.15, -0.1) is 0 Å². The molecule has 6 N–H and O–H groups in total. The SMILES string of the molecule is COC1=C(N)C[C@@](O)(COS(=O)(=O)O)CC1=N[C@@H](CO)C(=O)O. The smallest absolute Gasteiger partial charge is 0.397 e. The van der Waals surface area contributed by atoms with E-state index in [1.165, 1.54) is 7.11 Å². The highest BCUT2D eigenvalue weighted by atomic mass is 32.3. The lowest BCUT2D eigenvalue weighted by molar-refractivity contribution is -0.139. The highest BCUT2D eigenvalue weighted by Gasteiger charge is 2.39. The molecule has 0 heterocycles. The maximum absolute atomic E-state index is 10.9. The zero-order chi connectivity index (χ0) is 17.8. The van der Waals surface area contributed by atoms with E-state index in [1.54, 1.807) is 0 Å². The second-order valence-corrected chi connectivity index (χ2v) is 6.03. The van der Waals surface area contributed by atoms with Crippen LogP contribution >= 0.6 is 0 Å². The van der Waals surface area contributed by atoms with Crippen molar-refractivity contribution in [1.82, 2.24) is 0 Å². The lowest BCUT2D eigenvalue weighted by Crippen LogP contribution is -2.44. The number of nitrogens with zero attached hydrogens (tertiary/aromatic N) is 1. The highest BCUT2D eigenvalue weighted by molar-refractivity contribution is 7.80. The third-order valence-electron chi connectivity index (χ3n) is 3.02. The minimum atomic E-state index is -4.78. The standard InChI is InChI=1S/C11H18N2O9S/c1-21-9-6(12)2-11(17,5-22-23(18,19)20)3-7(9)13-8(4-14)10(15)16/h8,14,17H,2-5,12H2,1H3,(H,15,16)(H,18,19,20)/t8-,11-/m0/s1. The van der Waals surface area contributed by atoms with Crippen LogP contribution in [0.15, 0.2) is 16.4 Å². The number of allylic oxidation sites excluding steroid dienone is 1. The van der Waals surface area contributed by atoms with Gasteiger partial charge in [0.1, 0.15) is 5.60 Å². The summed E-state index contributed by atoms with van der Waals surface area (Å²) in [5, 5.41) is 28.3. The topological polar surface area (TPSA) is 189 Å². The zero-order valence-electron chi connectivity index (χ0n) is 12.2. The molecule has 1 aliphatic carbocycles. The first kappa shape index (κ1) is 19.3. The van der Waals surface area contributed by atoms with Gasteiger partial charge >= 0.3 is 16.4 Å². The summed E-state index contributed by atoms with van der Waals surface area (Å²) in [7, 11) is -3.52. The lowest BCUT2D eigenvalue weighted by Gasteiger charge is -2.33. The number of hydrogen-bond acceptors (Lipinski definition) is 9. The van der Waals surface area contributed by atoms with Crippen LogP contribution in [0.25, 0.3) is 0 Å². The summed E-state index contributed by atoms with van der Waals surface area (Å²) in [5.74, 6) is -1.38. The fourth-order valence-corrected chi connectivity index (χ4v) is 2.44. The van der Waals surface area contributed by atoms with E-state index in [9.17, 15) is 18.3 Å². The molecule has 0 aliphatic heterocycles. The fraction of sp³-hybridized carbons (Fsp3) is 0.636. The number of hydrogen-bond donors (Lipinski definition) is 5. The van der Waals surface area contributed by atoms with Crippen molar-refractivity contribution in [3.63, 3.8) is 0 Å². The molecule has 0 aromatic heterocycles. The largest absolute Gasteiger partial charge is 0.493 e. The van der Waals surface area contributed by atoms with E-state index in [4.69, 9.17) is 25.2 Å². The first-order valence-electron chi connectivity index (χ1n) is 6.29. The van der Waals surface area contributed by atoms with E-state index in [0.717, 1.165) is 0 Å². The molecule has 0 radical (unpaired) electrons. The van der Waals surface area contributed by atoms with Gasteiger partial charge in [-0.3, -0.25) is 9.55 Å². The minimum Gasteiger partial charge on any atom is -0.493 e. The number of rotatable bonds is 7. The molecule has 0 amide bonds. The number of carbonyl (C=O) groups is 1. The number of aliphatic hydroxyl groups is 2. The lowest BCUT2D eigenvalue weighted by atomic mass is 9.85. The molecule has 0 saturated carbocycles. The van der Waals surface area contributed by atoms with Crippen LogP contribution in [-0.2, 0) is 24.1 Å². The fourth-order valence-electron chi connectivity index (χ4n) is 2.08.